The highest BCUT2D eigenvalue weighted by molar-refractivity contribution is 6.34. The summed E-state index contributed by atoms with van der Waals surface area (Å²) in [6.07, 6.45) is 4.69. The normalized spacial score (nSPS) is 41.6. The van der Waals surface area contributed by atoms with Gasteiger partial charge in [-0.3, -0.25) is 9.69 Å². The number of hydrogen-bond acceptors (Lipinski definition) is 4. The zero-order valence-electron chi connectivity index (χ0n) is 19.3. The molecular weight excluding hydrogens is 483 g/mol. The number of phenolic OH excluding ortho intramolecular Hbond substituents is 1. The van der Waals surface area contributed by atoms with Gasteiger partial charge in [0.15, 0.2) is 0 Å². The van der Waals surface area contributed by atoms with E-state index < -0.39 is 11.0 Å². The van der Waals surface area contributed by atoms with Gasteiger partial charge in [0.25, 0.3) is 0 Å². The van der Waals surface area contributed by atoms with Crippen molar-refractivity contribution in [2.24, 2.45) is 23.2 Å². The van der Waals surface area contributed by atoms with Gasteiger partial charge in [-0.05, 0) is 91.0 Å². The molecule has 3 N–H and O–H groups in total. The Morgan fingerprint density at radius 2 is 1.89 bits per heavy atom. The standard InChI is InChI=1S/C28H28Cl2N2O3/c29-18-5-15(6-19(30)7-18)12-31-24(34)17-10-27-21-8-20(33)4-3-16(21)9-26-22(27)23(26)32(13-14-1-2-14)25(26)28(27,35)11-17/h3-8,14,17,22-23,25,33,35H,1-2,9-13H2,(H,31,34)/t17-,22?,23?,25-,26?,27-,28-/m1/s1. The van der Waals surface area contributed by atoms with Crippen LogP contribution in [0, 0.1) is 23.2 Å². The van der Waals surface area contributed by atoms with E-state index in [0.717, 1.165) is 30.0 Å². The molecule has 0 aromatic heterocycles. The van der Waals surface area contributed by atoms with E-state index in [2.05, 4.69) is 16.3 Å². The van der Waals surface area contributed by atoms with Crippen LogP contribution in [0.15, 0.2) is 36.4 Å². The van der Waals surface area contributed by atoms with Crippen molar-refractivity contribution < 1.29 is 15.0 Å². The number of carbonyl (C=O) groups is 1. The van der Waals surface area contributed by atoms with Crippen LogP contribution >= 0.6 is 23.2 Å². The van der Waals surface area contributed by atoms with E-state index >= 15 is 0 Å². The fraction of sp³-hybridized carbons (Fsp3) is 0.536. The molecule has 1 amide bonds. The molecule has 8 rings (SSSR count). The van der Waals surface area contributed by atoms with E-state index in [1.165, 1.54) is 18.4 Å². The third-order valence-electron chi connectivity index (χ3n) is 10.4. The Hall–Kier alpha value is -1.79. The molecule has 5 nitrogen and oxygen atoms in total. The molecule has 2 aromatic carbocycles. The summed E-state index contributed by atoms with van der Waals surface area (Å²) in [6.45, 7) is 1.44. The third kappa shape index (κ3) is 2.46. The van der Waals surface area contributed by atoms with Gasteiger partial charge in [-0.25, -0.2) is 0 Å². The lowest BCUT2D eigenvalue weighted by molar-refractivity contribution is -0.151. The molecule has 6 aliphatic rings. The van der Waals surface area contributed by atoms with Crippen molar-refractivity contribution in [1.29, 1.82) is 0 Å². The number of rotatable bonds is 5. The van der Waals surface area contributed by atoms with E-state index in [1.807, 2.05) is 18.2 Å². The average Bonchev–Trinajstić information content (AvgIpc) is 3.66. The number of amides is 1. The first kappa shape index (κ1) is 21.3. The van der Waals surface area contributed by atoms with Gasteiger partial charge in [0.05, 0.1) is 5.60 Å². The molecule has 3 unspecified atom stereocenters. The van der Waals surface area contributed by atoms with Crippen LogP contribution in [0.5, 0.6) is 5.75 Å². The number of benzene rings is 2. The fourth-order valence-electron chi connectivity index (χ4n) is 9.39. The van der Waals surface area contributed by atoms with Crippen LogP contribution in [0.1, 0.15) is 42.4 Å². The minimum Gasteiger partial charge on any atom is -0.508 e. The minimum absolute atomic E-state index is 0.0252. The number of nitrogens with one attached hydrogen (secondary N) is 1. The maximum atomic E-state index is 13.5. The molecular formula is C28H28Cl2N2O3. The second-order valence-electron chi connectivity index (χ2n) is 12.1. The van der Waals surface area contributed by atoms with E-state index in [-0.39, 0.29) is 29.0 Å². The predicted molar refractivity (Wildman–Crippen MR) is 132 cm³/mol. The van der Waals surface area contributed by atoms with Crippen molar-refractivity contribution >= 4 is 29.1 Å². The van der Waals surface area contributed by atoms with Gasteiger partial charge in [-0.2, -0.15) is 0 Å². The van der Waals surface area contributed by atoms with Crippen molar-refractivity contribution in [3.63, 3.8) is 0 Å². The molecule has 1 heterocycles. The second-order valence-corrected chi connectivity index (χ2v) is 13.0. The van der Waals surface area contributed by atoms with Crippen LogP contribution in [-0.2, 0) is 23.2 Å². The summed E-state index contributed by atoms with van der Waals surface area (Å²) in [7, 11) is 0. The number of phenols is 1. The molecule has 35 heavy (non-hydrogen) atoms. The Morgan fingerprint density at radius 1 is 1.11 bits per heavy atom. The first-order valence-electron chi connectivity index (χ1n) is 12.8. The van der Waals surface area contributed by atoms with Gasteiger partial charge in [-0.15, -0.1) is 0 Å². The van der Waals surface area contributed by atoms with Gasteiger partial charge in [0.2, 0.25) is 5.91 Å². The van der Waals surface area contributed by atoms with E-state index in [0.29, 0.717) is 41.4 Å². The number of hydrogen-bond donors (Lipinski definition) is 3. The number of carbonyl (C=O) groups excluding carboxylic acids is 1. The first-order chi connectivity index (χ1) is 16.8. The molecule has 2 aromatic rings. The van der Waals surface area contributed by atoms with Crippen LogP contribution < -0.4 is 5.32 Å². The Balaban J connectivity index is 1.13. The van der Waals surface area contributed by atoms with Crippen LogP contribution in [0.3, 0.4) is 0 Å². The monoisotopic (exact) mass is 510 g/mol. The van der Waals surface area contributed by atoms with E-state index in [1.54, 1.807) is 12.1 Å². The van der Waals surface area contributed by atoms with Crippen LogP contribution in [0.25, 0.3) is 0 Å². The molecule has 1 aliphatic heterocycles. The van der Waals surface area contributed by atoms with Crippen molar-refractivity contribution in [1.82, 2.24) is 10.2 Å². The predicted octanol–water partition coefficient (Wildman–Crippen LogP) is 4.04. The van der Waals surface area contributed by atoms with Crippen LogP contribution in [0.4, 0.5) is 0 Å². The molecule has 0 radical (unpaired) electrons. The number of aromatic hydroxyl groups is 1. The number of fused-ring (bicyclic) bond motifs is 2. The van der Waals surface area contributed by atoms with Crippen molar-refractivity contribution in [3.05, 3.63) is 63.1 Å². The summed E-state index contributed by atoms with van der Waals surface area (Å²) in [4.78, 5) is 16.1. The largest absolute Gasteiger partial charge is 0.508 e. The summed E-state index contributed by atoms with van der Waals surface area (Å²) in [6, 6.07) is 11.6. The second kappa shape index (κ2) is 6.55. The zero-order valence-corrected chi connectivity index (χ0v) is 20.8. The van der Waals surface area contributed by atoms with Gasteiger partial charge in [0.1, 0.15) is 5.75 Å². The summed E-state index contributed by atoms with van der Waals surface area (Å²) < 4.78 is 0. The topological polar surface area (TPSA) is 72.8 Å². The maximum Gasteiger partial charge on any atom is 0.223 e. The highest BCUT2D eigenvalue weighted by Gasteiger charge is 2.98. The molecule has 1 saturated heterocycles. The third-order valence-corrected chi connectivity index (χ3v) is 10.8. The fourth-order valence-corrected chi connectivity index (χ4v) is 9.96. The summed E-state index contributed by atoms with van der Waals surface area (Å²) in [5.74, 6) is 1.09. The Morgan fingerprint density at radius 3 is 2.63 bits per heavy atom. The number of nitrogens with zero attached hydrogens (tertiary/aromatic N) is 1. The number of aliphatic hydroxyl groups is 1. The van der Waals surface area contributed by atoms with E-state index in [9.17, 15) is 15.0 Å². The highest BCUT2D eigenvalue weighted by atomic mass is 35.5. The van der Waals surface area contributed by atoms with Gasteiger partial charge >= 0.3 is 0 Å². The van der Waals surface area contributed by atoms with Gasteiger partial charge in [-0.1, -0.05) is 29.3 Å². The molecule has 7 atom stereocenters. The quantitative estimate of drug-likeness (QED) is 0.567. The number of halogens is 2. The lowest BCUT2D eigenvalue weighted by Gasteiger charge is -2.56. The molecule has 2 spiro atoms. The maximum absolute atomic E-state index is 13.5. The molecule has 4 saturated carbocycles. The summed E-state index contributed by atoms with van der Waals surface area (Å²) >= 11 is 12.3. The van der Waals surface area contributed by atoms with Crippen LogP contribution in [-0.4, -0.2) is 45.2 Å². The number of piperidine rings is 1. The molecule has 7 heteroatoms. The zero-order chi connectivity index (χ0) is 23.9. The molecule has 2 bridgehead atoms. The summed E-state index contributed by atoms with van der Waals surface area (Å²) in [5.41, 5.74) is 1.97. The van der Waals surface area contributed by atoms with Crippen molar-refractivity contribution in [2.45, 2.75) is 61.7 Å². The van der Waals surface area contributed by atoms with Gasteiger partial charge in [0, 0.05) is 52.0 Å². The van der Waals surface area contributed by atoms with Crippen molar-refractivity contribution in [3.8, 4) is 5.75 Å². The van der Waals surface area contributed by atoms with Crippen molar-refractivity contribution in [2.75, 3.05) is 6.54 Å². The lowest BCUT2D eigenvalue weighted by Crippen LogP contribution is -2.70. The van der Waals surface area contributed by atoms with Crippen LogP contribution in [0.2, 0.25) is 10.0 Å². The smallest absolute Gasteiger partial charge is 0.223 e. The average molecular weight is 511 g/mol. The molecule has 182 valence electrons. The Bertz CT molecular complexity index is 1290. The molecule has 5 fully saturated rings. The first-order valence-corrected chi connectivity index (χ1v) is 13.6. The summed E-state index contributed by atoms with van der Waals surface area (Å²) in [5, 5.41) is 27.2. The molecule has 5 aliphatic carbocycles. The van der Waals surface area contributed by atoms with E-state index in [4.69, 9.17) is 23.2 Å². The number of likely N-dealkylation sites (tertiary alicyclic amines) is 1. The minimum atomic E-state index is -0.943. The highest BCUT2D eigenvalue weighted by Crippen LogP contribution is 2.89. The Kier molecular flexibility index (Phi) is 3.99. The Labute approximate surface area is 214 Å². The lowest BCUT2D eigenvalue weighted by atomic mass is 9.63. The van der Waals surface area contributed by atoms with Gasteiger partial charge < -0.3 is 15.5 Å². The SMILES string of the molecule is O=C(NCc1cc(Cl)cc(Cl)c1)[C@H]1C[C@@]2(O)[C@@H]3N(CC4CC4)C4C5C43Cc3ccc(O)cc3[C@]52C1.